The zero-order valence-electron chi connectivity index (χ0n) is 9.96. The fourth-order valence-corrected chi connectivity index (χ4v) is 3.16. The molecule has 0 aliphatic carbocycles. The largest absolute Gasteiger partial charge is 0.436 e. The van der Waals surface area contributed by atoms with Crippen molar-refractivity contribution in [2.45, 2.75) is 0 Å². The monoisotopic (exact) mass is 266 g/mol. The predicted octanol–water partition coefficient (Wildman–Crippen LogP) is 4.29. The molecule has 0 aliphatic rings. The van der Waals surface area contributed by atoms with Gasteiger partial charge in [0.1, 0.15) is 5.52 Å². The van der Waals surface area contributed by atoms with E-state index in [2.05, 4.69) is 22.5 Å². The quantitative estimate of drug-likeness (QED) is 0.523. The van der Waals surface area contributed by atoms with Gasteiger partial charge in [-0.1, -0.05) is 24.3 Å². The summed E-state index contributed by atoms with van der Waals surface area (Å²) in [6.45, 7) is 0. The zero-order valence-corrected chi connectivity index (χ0v) is 10.8. The lowest BCUT2D eigenvalue weighted by Gasteiger charge is -1.92. The van der Waals surface area contributed by atoms with Crippen molar-refractivity contribution in [2.24, 2.45) is 0 Å². The fourth-order valence-electron chi connectivity index (χ4n) is 2.23. The van der Waals surface area contributed by atoms with Crippen molar-refractivity contribution in [1.82, 2.24) is 4.98 Å². The Bertz CT molecular complexity index is 891. The summed E-state index contributed by atoms with van der Waals surface area (Å²) < 4.78 is 7.05. The number of oxazole rings is 1. The molecule has 4 rings (SSSR count). The molecule has 0 unspecified atom stereocenters. The first-order chi connectivity index (χ1) is 9.33. The Balaban J connectivity index is 2.02. The van der Waals surface area contributed by atoms with Crippen LogP contribution in [-0.2, 0) is 0 Å². The molecule has 92 valence electrons. The van der Waals surface area contributed by atoms with Crippen LogP contribution in [0.25, 0.3) is 32.6 Å². The van der Waals surface area contributed by atoms with Crippen LogP contribution in [0.4, 0.5) is 5.69 Å². The Hall–Kier alpha value is -2.33. The zero-order chi connectivity index (χ0) is 12.8. The Morgan fingerprint density at radius 3 is 2.84 bits per heavy atom. The van der Waals surface area contributed by atoms with Gasteiger partial charge in [0.25, 0.3) is 0 Å². The highest BCUT2D eigenvalue weighted by Gasteiger charge is 2.13. The number of para-hydroxylation sites is 1. The van der Waals surface area contributed by atoms with Crippen molar-refractivity contribution in [3.8, 4) is 11.5 Å². The van der Waals surface area contributed by atoms with Crippen LogP contribution in [0.1, 0.15) is 0 Å². The fraction of sp³-hybridized carbons (Fsp3) is 0. The summed E-state index contributed by atoms with van der Waals surface area (Å²) >= 11 is 1.69. The van der Waals surface area contributed by atoms with Gasteiger partial charge in [-0.25, -0.2) is 4.98 Å². The van der Waals surface area contributed by atoms with E-state index in [1.54, 1.807) is 11.3 Å². The molecule has 0 fully saturated rings. The Morgan fingerprint density at radius 2 is 1.95 bits per heavy atom. The van der Waals surface area contributed by atoms with E-state index in [4.69, 9.17) is 10.2 Å². The highest BCUT2D eigenvalue weighted by molar-refractivity contribution is 7.17. The number of nitrogens with zero attached hydrogens (tertiary/aromatic N) is 1. The second-order valence-electron chi connectivity index (χ2n) is 4.36. The van der Waals surface area contributed by atoms with Crippen molar-refractivity contribution < 1.29 is 4.42 Å². The number of hydrogen-bond acceptors (Lipinski definition) is 4. The van der Waals surface area contributed by atoms with Gasteiger partial charge in [0.15, 0.2) is 5.58 Å². The van der Waals surface area contributed by atoms with Crippen LogP contribution in [-0.4, -0.2) is 4.98 Å². The molecular formula is C15H10N2OS. The summed E-state index contributed by atoms with van der Waals surface area (Å²) in [5.74, 6) is 0.630. The van der Waals surface area contributed by atoms with Gasteiger partial charge in [0.05, 0.1) is 11.3 Å². The van der Waals surface area contributed by atoms with Crippen molar-refractivity contribution in [3.63, 3.8) is 0 Å². The molecule has 0 radical (unpaired) electrons. The van der Waals surface area contributed by atoms with Gasteiger partial charge in [0.2, 0.25) is 5.89 Å². The van der Waals surface area contributed by atoms with Crippen LogP contribution >= 0.6 is 11.3 Å². The van der Waals surface area contributed by atoms with E-state index in [1.807, 2.05) is 30.3 Å². The molecule has 4 aromatic rings. The molecule has 2 aromatic carbocycles. The summed E-state index contributed by atoms with van der Waals surface area (Å²) in [4.78, 5) is 4.52. The summed E-state index contributed by atoms with van der Waals surface area (Å²) in [5.41, 5.74) is 9.04. The average Bonchev–Trinajstić information content (AvgIpc) is 3.02. The van der Waals surface area contributed by atoms with E-state index >= 15 is 0 Å². The van der Waals surface area contributed by atoms with E-state index in [9.17, 15) is 0 Å². The normalized spacial score (nSPS) is 11.4. The molecule has 2 heterocycles. The molecule has 0 atom stereocenters. The van der Waals surface area contributed by atoms with E-state index in [0.29, 0.717) is 11.6 Å². The van der Waals surface area contributed by atoms with Crippen LogP contribution in [0.3, 0.4) is 0 Å². The van der Waals surface area contributed by atoms with Crippen LogP contribution in [0.5, 0.6) is 0 Å². The van der Waals surface area contributed by atoms with E-state index < -0.39 is 0 Å². The number of nitrogen functional groups attached to an aromatic ring is 1. The van der Waals surface area contributed by atoms with Gasteiger partial charge < -0.3 is 10.2 Å². The molecule has 0 spiro atoms. The Kier molecular flexibility index (Phi) is 2.13. The standard InChI is InChI=1S/C15H10N2OS/c16-11-5-3-6-12-14(11)17-15(18-12)10-8-19-13-7-2-1-4-9(10)13/h1-8H,16H2. The molecule has 3 nitrogen and oxygen atoms in total. The molecule has 2 N–H and O–H groups in total. The summed E-state index contributed by atoms with van der Waals surface area (Å²) in [7, 11) is 0. The molecule has 19 heavy (non-hydrogen) atoms. The van der Waals surface area contributed by atoms with Gasteiger partial charge in [-0.3, -0.25) is 0 Å². The SMILES string of the molecule is Nc1cccc2oc(-c3csc4ccccc34)nc12. The molecular weight excluding hydrogens is 256 g/mol. The third-order valence-electron chi connectivity index (χ3n) is 3.16. The third kappa shape index (κ3) is 1.54. The number of fused-ring (bicyclic) bond motifs is 2. The predicted molar refractivity (Wildman–Crippen MR) is 79.2 cm³/mol. The summed E-state index contributed by atoms with van der Waals surface area (Å²) in [5, 5.41) is 3.24. The number of anilines is 1. The van der Waals surface area contributed by atoms with Crippen LogP contribution in [0, 0.1) is 0 Å². The molecule has 0 saturated heterocycles. The molecule has 0 saturated carbocycles. The first kappa shape index (κ1) is 10.6. The lowest BCUT2D eigenvalue weighted by atomic mass is 10.2. The molecule has 0 amide bonds. The lowest BCUT2D eigenvalue weighted by molar-refractivity contribution is 0.621. The first-order valence-corrected chi connectivity index (χ1v) is 6.82. The van der Waals surface area contributed by atoms with Crippen molar-refractivity contribution >= 4 is 38.2 Å². The minimum Gasteiger partial charge on any atom is -0.436 e. The maximum Gasteiger partial charge on any atom is 0.228 e. The average molecular weight is 266 g/mol. The smallest absolute Gasteiger partial charge is 0.228 e. The van der Waals surface area contributed by atoms with Crippen LogP contribution in [0.15, 0.2) is 52.3 Å². The third-order valence-corrected chi connectivity index (χ3v) is 4.13. The number of hydrogen-bond donors (Lipinski definition) is 1. The number of thiophene rings is 1. The number of aromatic nitrogens is 1. The van der Waals surface area contributed by atoms with Crippen LogP contribution in [0.2, 0.25) is 0 Å². The maximum absolute atomic E-state index is 5.92. The number of rotatable bonds is 1. The number of benzene rings is 2. The van der Waals surface area contributed by atoms with E-state index in [-0.39, 0.29) is 0 Å². The van der Waals surface area contributed by atoms with Crippen molar-refractivity contribution in [2.75, 3.05) is 5.73 Å². The second-order valence-corrected chi connectivity index (χ2v) is 5.27. The summed E-state index contributed by atoms with van der Waals surface area (Å²) in [6.07, 6.45) is 0. The maximum atomic E-state index is 5.92. The van der Waals surface area contributed by atoms with Gasteiger partial charge in [-0.05, 0) is 18.2 Å². The topological polar surface area (TPSA) is 52.0 Å². The lowest BCUT2D eigenvalue weighted by Crippen LogP contribution is -1.84. The number of nitrogens with two attached hydrogens (primary N) is 1. The molecule has 2 aromatic heterocycles. The first-order valence-electron chi connectivity index (χ1n) is 5.94. The Labute approximate surface area is 113 Å². The van der Waals surface area contributed by atoms with Gasteiger partial charge >= 0.3 is 0 Å². The Morgan fingerprint density at radius 1 is 1.05 bits per heavy atom. The van der Waals surface area contributed by atoms with Gasteiger partial charge in [-0.15, -0.1) is 11.3 Å². The minimum absolute atomic E-state index is 0.630. The minimum atomic E-state index is 0.630. The van der Waals surface area contributed by atoms with Gasteiger partial charge in [0, 0.05) is 15.5 Å². The molecule has 0 aliphatic heterocycles. The summed E-state index contributed by atoms with van der Waals surface area (Å²) in [6, 6.07) is 13.8. The van der Waals surface area contributed by atoms with Crippen molar-refractivity contribution in [1.29, 1.82) is 0 Å². The van der Waals surface area contributed by atoms with E-state index in [1.165, 1.54) is 4.70 Å². The van der Waals surface area contributed by atoms with Crippen molar-refractivity contribution in [3.05, 3.63) is 47.8 Å². The second kappa shape index (κ2) is 3.83. The molecule has 0 bridgehead atoms. The van der Waals surface area contributed by atoms with Crippen LogP contribution < -0.4 is 5.73 Å². The van der Waals surface area contributed by atoms with Gasteiger partial charge in [-0.2, -0.15) is 0 Å². The highest BCUT2D eigenvalue weighted by atomic mass is 32.1. The van der Waals surface area contributed by atoms with E-state index in [0.717, 1.165) is 22.0 Å². The molecule has 4 heteroatoms. The highest BCUT2D eigenvalue weighted by Crippen LogP contribution is 2.35.